The zero-order chi connectivity index (χ0) is 23.2. The molecule has 0 aliphatic carbocycles. The average molecular weight is 452 g/mol. The van der Waals surface area contributed by atoms with Crippen LogP contribution in [-0.4, -0.2) is 63.2 Å². The second-order valence-electron chi connectivity index (χ2n) is 8.57. The van der Waals surface area contributed by atoms with Crippen LogP contribution in [0.15, 0.2) is 48.5 Å². The summed E-state index contributed by atoms with van der Waals surface area (Å²) in [7, 11) is 1.65. The van der Waals surface area contributed by atoms with Crippen molar-refractivity contribution in [1.82, 2.24) is 10.2 Å². The molecule has 2 aliphatic rings. The quantitative estimate of drug-likeness (QED) is 0.668. The number of carbonyl (C=O) groups is 2. The third kappa shape index (κ3) is 5.37. The highest BCUT2D eigenvalue weighted by atomic mass is 16.5. The summed E-state index contributed by atoms with van der Waals surface area (Å²) in [5.74, 6) is 0.409. The number of methoxy groups -OCH3 is 1. The SMILES string of the molecule is CCc1ccccc1N1CC(C(=O)NCC(c2ccc(OC)cc2)N2CCOCC2)CC1=O. The summed E-state index contributed by atoms with van der Waals surface area (Å²) in [5.41, 5.74) is 3.17. The van der Waals surface area contributed by atoms with Crippen LogP contribution in [0, 0.1) is 5.92 Å². The van der Waals surface area contributed by atoms with Gasteiger partial charge in [-0.05, 0) is 35.7 Å². The maximum atomic E-state index is 13.1. The van der Waals surface area contributed by atoms with Crippen molar-refractivity contribution in [3.63, 3.8) is 0 Å². The van der Waals surface area contributed by atoms with Gasteiger partial charge < -0.3 is 19.7 Å². The molecule has 1 N–H and O–H groups in total. The van der Waals surface area contributed by atoms with E-state index >= 15 is 0 Å². The Kier molecular flexibility index (Phi) is 7.62. The summed E-state index contributed by atoms with van der Waals surface area (Å²) in [6.07, 6.45) is 1.09. The summed E-state index contributed by atoms with van der Waals surface area (Å²) in [5, 5.41) is 3.14. The average Bonchev–Trinajstić information content (AvgIpc) is 3.26. The molecule has 2 aliphatic heterocycles. The Hall–Kier alpha value is -2.90. The van der Waals surface area contributed by atoms with Gasteiger partial charge in [-0.3, -0.25) is 14.5 Å². The molecule has 2 unspecified atom stereocenters. The lowest BCUT2D eigenvalue weighted by Gasteiger charge is -2.35. The number of hydrogen-bond donors (Lipinski definition) is 1. The maximum absolute atomic E-state index is 13.1. The zero-order valence-electron chi connectivity index (χ0n) is 19.5. The molecule has 2 saturated heterocycles. The second-order valence-corrected chi connectivity index (χ2v) is 8.57. The summed E-state index contributed by atoms with van der Waals surface area (Å²) < 4.78 is 10.8. The molecular formula is C26H33N3O4. The molecule has 2 heterocycles. The number of benzene rings is 2. The van der Waals surface area contributed by atoms with Crippen LogP contribution in [0.3, 0.4) is 0 Å². The summed E-state index contributed by atoms with van der Waals surface area (Å²) in [4.78, 5) is 29.9. The number of ether oxygens (including phenoxy) is 2. The van der Waals surface area contributed by atoms with Crippen LogP contribution in [0.2, 0.25) is 0 Å². The van der Waals surface area contributed by atoms with Gasteiger partial charge >= 0.3 is 0 Å². The van der Waals surface area contributed by atoms with Gasteiger partial charge in [0.15, 0.2) is 0 Å². The van der Waals surface area contributed by atoms with Gasteiger partial charge in [0.05, 0.1) is 32.3 Å². The first kappa shape index (κ1) is 23.3. The molecule has 0 aromatic heterocycles. The second kappa shape index (κ2) is 10.8. The van der Waals surface area contributed by atoms with E-state index in [0.717, 1.165) is 42.1 Å². The minimum absolute atomic E-state index is 0.0101. The van der Waals surface area contributed by atoms with Gasteiger partial charge in [-0.2, -0.15) is 0 Å². The summed E-state index contributed by atoms with van der Waals surface area (Å²) >= 11 is 0. The monoisotopic (exact) mass is 451 g/mol. The summed E-state index contributed by atoms with van der Waals surface area (Å²) in [6, 6.07) is 16.0. The number of hydrogen-bond acceptors (Lipinski definition) is 5. The number of aryl methyl sites for hydroxylation is 1. The number of rotatable bonds is 8. The van der Waals surface area contributed by atoms with Gasteiger partial charge in [0, 0.05) is 38.3 Å². The molecule has 176 valence electrons. The lowest BCUT2D eigenvalue weighted by Crippen LogP contribution is -2.45. The standard InChI is InChI=1S/C26H33N3O4/c1-3-19-6-4-5-7-23(19)29-18-21(16-25(29)30)26(31)27-17-24(28-12-14-33-15-13-28)20-8-10-22(32-2)11-9-20/h4-11,21,24H,3,12-18H2,1-2H3,(H,27,31). The van der Waals surface area contributed by atoms with E-state index in [1.54, 1.807) is 12.0 Å². The molecule has 0 saturated carbocycles. The first-order chi connectivity index (χ1) is 16.1. The first-order valence-corrected chi connectivity index (χ1v) is 11.7. The lowest BCUT2D eigenvalue weighted by molar-refractivity contribution is -0.126. The molecule has 7 heteroatoms. The molecule has 0 spiro atoms. The number of nitrogens with zero attached hydrogens (tertiary/aromatic N) is 2. The van der Waals surface area contributed by atoms with Crippen LogP contribution in [0.1, 0.15) is 30.5 Å². The Morgan fingerprint density at radius 2 is 1.88 bits per heavy atom. The van der Waals surface area contributed by atoms with Gasteiger partial charge in [0.2, 0.25) is 11.8 Å². The number of anilines is 1. The van der Waals surface area contributed by atoms with Crippen molar-refractivity contribution in [3.05, 3.63) is 59.7 Å². The smallest absolute Gasteiger partial charge is 0.227 e. The Labute approximate surface area is 195 Å². The number of amides is 2. The van der Waals surface area contributed by atoms with Gasteiger partial charge in [0.1, 0.15) is 5.75 Å². The highest BCUT2D eigenvalue weighted by Crippen LogP contribution is 2.29. The van der Waals surface area contributed by atoms with Crippen LogP contribution in [0.5, 0.6) is 5.75 Å². The van der Waals surface area contributed by atoms with Gasteiger partial charge in [-0.15, -0.1) is 0 Å². The third-order valence-corrected chi connectivity index (χ3v) is 6.62. The van der Waals surface area contributed by atoms with E-state index in [0.29, 0.717) is 26.3 Å². The van der Waals surface area contributed by atoms with E-state index in [1.807, 2.05) is 48.5 Å². The highest BCUT2D eigenvalue weighted by Gasteiger charge is 2.36. The molecule has 2 atom stereocenters. The molecule has 2 fully saturated rings. The van der Waals surface area contributed by atoms with E-state index in [4.69, 9.17) is 9.47 Å². The van der Waals surface area contributed by atoms with Crippen molar-refractivity contribution in [2.45, 2.75) is 25.8 Å². The molecule has 7 nitrogen and oxygen atoms in total. The van der Waals surface area contributed by atoms with Crippen LogP contribution >= 0.6 is 0 Å². The van der Waals surface area contributed by atoms with Crippen LogP contribution in [-0.2, 0) is 20.7 Å². The Bertz CT molecular complexity index is 956. The first-order valence-electron chi connectivity index (χ1n) is 11.7. The topological polar surface area (TPSA) is 71.1 Å². The molecule has 2 aromatic rings. The van der Waals surface area contributed by atoms with Crippen molar-refractivity contribution in [2.75, 3.05) is 51.4 Å². The molecule has 2 amide bonds. The predicted molar refractivity (Wildman–Crippen MR) is 127 cm³/mol. The normalized spacial score (nSPS) is 20.0. The van der Waals surface area contributed by atoms with Crippen molar-refractivity contribution >= 4 is 17.5 Å². The molecule has 33 heavy (non-hydrogen) atoms. The van der Waals surface area contributed by atoms with Gasteiger partial charge in [-0.1, -0.05) is 37.3 Å². The number of carbonyl (C=O) groups excluding carboxylic acids is 2. The van der Waals surface area contributed by atoms with Crippen LogP contribution in [0.25, 0.3) is 0 Å². The minimum atomic E-state index is -0.344. The molecule has 4 rings (SSSR count). The van der Waals surface area contributed by atoms with Crippen molar-refractivity contribution < 1.29 is 19.1 Å². The van der Waals surface area contributed by atoms with E-state index < -0.39 is 0 Å². The highest BCUT2D eigenvalue weighted by molar-refractivity contribution is 6.00. The zero-order valence-corrected chi connectivity index (χ0v) is 19.5. The van der Waals surface area contributed by atoms with Crippen LogP contribution in [0.4, 0.5) is 5.69 Å². The fraction of sp³-hybridized carbons (Fsp3) is 0.462. The molecular weight excluding hydrogens is 418 g/mol. The van der Waals surface area contributed by atoms with E-state index in [2.05, 4.69) is 17.1 Å². The summed E-state index contributed by atoms with van der Waals surface area (Å²) in [6.45, 7) is 5.99. The Morgan fingerprint density at radius 3 is 2.58 bits per heavy atom. The number of nitrogens with one attached hydrogen (secondary N) is 1. The van der Waals surface area contributed by atoms with E-state index in [1.165, 1.54) is 0 Å². The van der Waals surface area contributed by atoms with Gasteiger partial charge in [-0.25, -0.2) is 0 Å². The predicted octanol–water partition coefficient (Wildman–Crippen LogP) is 2.80. The fourth-order valence-electron chi connectivity index (χ4n) is 4.70. The lowest BCUT2D eigenvalue weighted by atomic mass is 10.0. The van der Waals surface area contributed by atoms with E-state index in [9.17, 15) is 9.59 Å². The van der Waals surface area contributed by atoms with Crippen LogP contribution < -0.4 is 15.0 Å². The Balaban J connectivity index is 1.43. The Morgan fingerprint density at radius 1 is 1.15 bits per heavy atom. The molecule has 2 aromatic carbocycles. The fourth-order valence-corrected chi connectivity index (χ4v) is 4.70. The van der Waals surface area contributed by atoms with Crippen molar-refractivity contribution in [2.24, 2.45) is 5.92 Å². The number of para-hydroxylation sites is 1. The molecule has 0 radical (unpaired) electrons. The minimum Gasteiger partial charge on any atom is -0.497 e. The number of morpholine rings is 1. The largest absolute Gasteiger partial charge is 0.497 e. The third-order valence-electron chi connectivity index (χ3n) is 6.62. The molecule has 0 bridgehead atoms. The van der Waals surface area contributed by atoms with Crippen molar-refractivity contribution in [3.8, 4) is 5.75 Å². The van der Waals surface area contributed by atoms with Gasteiger partial charge in [0.25, 0.3) is 0 Å². The van der Waals surface area contributed by atoms with Crippen molar-refractivity contribution in [1.29, 1.82) is 0 Å². The van der Waals surface area contributed by atoms with E-state index in [-0.39, 0.29) is 30.2 Å². The maximum Gasteiger partial charge on any atom is 0.227 e.